The quantitative estimate of drug-likeness (QED) is 0.721. The maximum Gasteiger partial charge on any atom is 0.256 e. The number of hydrogen-bond donors (Lipinski definition) is 2. The lowest BCUT2D eigenvalue weighted by Gasteiger charge is -2.11. The Balaban J connectivity index is 2.09. The van der Waals surface area contributed by atoms with Crippen LogP contribution in [0.1, 0.15) is 10.4 Å². The zero-order valence-electron chi connectivity index (χ0n) is 13.4. The summed E-state index contributed by atoms with van der Waals surface area (Å²) in [6, 6.07) is 14.1. The van der Waals surface area contributed by atoms with E-state index in [0.29, 0.717) is 28.3 Å². The molecule has 2 aromatic carbocycles. The predicted octanol–water partition coefficient (Wildman–Crippen LogP) is 2.98. The second-order valence-electron chi connectivity index (χ2n) is 5.15. The van der Waals surface area contributed by atoms with E-state index in [4.69, 9.17) is 15.2 Å². The van der Waals surface area contributed by atoms with Crippen LogP contribution >= 0.6 is 0 Å². The Kier molecular flexibility index (Phi) is 4.20. The first-order chi connectivity index (χ1) is 11.6. The number of pyridine rings is 1. The number of nitrogens with two attached hydrogens (primary N) is 1. The minimum absolute atomic E-state index is 0.233. The van der Waals surface area contributed by atoms with Gasteiger partial charge in [-0.15, -0.1) is 0 Å². The Morgan fingerprint density at radius 3 is 2.46 bits per heavy atom. The maximum atomic E-state index is 12.2. The largest absolute Gasteiger partial charge is 0.497 e. The molecule has 0 aliphatic rings. The summed E-state index contributed by atoms with van der Waals surface area (Å²) in [5, 5.41) is 3.39. The number of benzene rings is 2. The number of ether oxygens (including phenoxy) is 2. The Bertz CT molecular complexity index is 892. The molecular weight excluding hydrogens is 306 g/mol. The number of aromatic nitrogens is 1. The lowest BCUT2D eigenvalue weighted by molar-refractivity contribution is 0.0960. The third-order valence-corrected chi connectivity index (χ3v) is 3.55. The number of nitrogens with one attached hydrogen (secondary N) is 1. The highest BCUT2D eigenvalue weighted by Crippen LogP contribution is 2.29. The average molecular weight is 323 g/mol. The number of carbonyl (C=O) groups is 1. The molecule has 0 spiro atoms. The van der Waals surface area contributed by atoms with E-state index < -0.39 is 0 Å². The first-order valence-corrected chi connectivity index (χ1v) is 7.35. The molecule has 1 heterocycles. The van der Waals surface area contributed by atoms with Crippen molar-refractivity contribution in [3.63, 3.8) is 0 Å². The molecule has 0 radical (unpaired) electrons. The van der Waals surface area contributed by atoms with E-state index in [-0.39, 0.29) is 11.8 Å². The van der Waals surface area contributed by atoms with Gasteiger partial charge in [0.05, 0.1) is 12.6 Å². The number of nitrogens with zero attached hydrogens (tertiary/aromatic N) is 1. The predicted molar refractivity (Wildman–Crippen MR) is 92.6 cm³/mol. The van der Waals surface area contributed by atoms with E-state index in [1.165, 1.54) is 0 Å². The molecule has 1 amide bonds. The van der Waals surface area contributed by atoms with Gasteiger partial charge < -0.3 is 20.5 Å². The number of nitrogen functional groups attached to an aromatic ring is 1. The molecule has 6 nitrogen and oxygen atoms in total. The molecule has 122 valence electrons. The number of methoxy groups -OCH3 is 1. The van der Waals surface area contributed by atoms with Crippen LogP contribution < -0.4 is 20.5 Å². The van der Waals surface area contributed by atoms with Crippen LogP contribution in [-0.4, -0.2) is 25.0 Å². The molecule has 0 fully saturated rings. The molecule has 0 unspecified atom stereocenters. The molecule has 0 bridgehead atoms. The number of hydrogen-bond acceptors (Lipinski definition) is 5. The van der Waals surface area contributed by atoms with Crippen LogP contribution in [0.5, 0.6) is 17.4 Å². The monoisotopic (exact) mass is 323 g/mol. The molecule has 0 aliphatic carbocycles. The molecule has 0 saturated carbocycles. The third-order valence-electron chi connectivity index (χ3n) is 3.55. The van der Waals surface area contributed by atoms with Crippen molar-refractivity contribution in [2.75, 3.05) is 19.9 Å². The molecule has 0 saturated heterocycles. The first-order valence-electron chi connectivity index (χ1n) is 7.35. The molecule has 6 heteroatoms. The van der Waals surface area contributed by atoms with E-state index in [1.807, 2.05) is 18.2 Å². The molecule has 0 atom stereocenters. The number of amides is 1. The summed E-state index contributed by atoms with van der Waals surface area (Å²) in [7, 11) is 3.15. The zero-order valence-corrected chi connectivity index (χ0v) is 13.4. The normalized spacial score (nSPS) is 10.4. The van der Waals surface area contributed by atoms with Gasteiger partial charge in [-0.05, 0) is 48.5 Å². The van der Waals surface area contributed by atoms with Crippen molar-refractivity contribution < 1.29 is 14.3 Å². The Labute approximate surface area is 139 Å². The number of anilines is 1. The summed E-state index contributed by atoms with van der Waals surface area (Å²) in [6.07, 6.45) is 0. The highest BCUT2D eigenvalue weighted by Gasteiger charge is 2.16. The number of fused-ring (bicyclic) bond motifs is 1. The van der Waals surface area contributed by atoms with Gasteiger partial charge >= 0.3 is 0 Å². The van der Waals surface area contributed by atoms with Crippen molar-refractivity contribution in [3.8, 4) is 17.4 Å². The summed E-state index contributed by atoms with van der Waals surface area (Å²) < 4.78 is 11.0. The summed E-state index contributed by atoms with van der Waals surface area (Å²) in [5.41, 5.74) is 7.35. The fraction of sp³-hybridized carbons (Fsp3) is 0.111. The third kappa shape index (κ3) is 3.08. The zero-order chi connectivity index (χ0) is 17.1. The number of carbonyl (C=O) groups excluding carboxylic acids is 1. The highest BCUT2D eigenvalue weighted by atomic mass is 16.5. The van der Waals surface area contributed by atoms with E-state index in [2.05, 4.69) is 10.3 Å². The van der Waals surface area contributed by atoms with Gasteiger partial charge in [-0.1, -0.05) is 0 Å². The Morgan fingerprint density at radius 2 is 1.79 bits per heavy atom. The average Bonchev–Trinajstić information content (AvgIpc) is 2.62. The summed E-state index contributed by atoms with van der Waals surface area (Å²) in [5.74, 6) is 1.20. The van der Waals surface area contributed by atoms with Crippen LogP contribution in [-0.2, 0) is 0 Å². The van der Waals surface area contributed by atoms with Gasteiger partial charge in [0, 0.05) is 18.1 Å². The fourth-order valence-corrected chi connectivity index (χ4v) is 2.29. The topological polar surface area (TPSA) is 86.5 Å². The van der Waals surface area contributed by atoms with Crippen LogP contribution in [0.2, 0.25) is 0 Å². The summed E-state index contributed by atoms with van der Waals surface area (Å²) >= 11 is 0. The Morgan fingerprint density at radius 1 is 1.08 bits per heavy atom. The first kappa shape index (κ1) is 15.6. The Hall–Kier alpha value is -3.28. The molecule has 0 aliphatic heterocycles. The molecule has 3 aromatic rings. The van der Waals surface area contributed by atoms with Crippen molar-refractivity contribution in [3.05, 3.63) is 54.1 Å². The van der Waals surface area contributed by atoms with Crippen molar-refractivity contribution in [1.29, 1.82) is 0 Å². The van der Waals surface area contributed by atoms with Gasteiger partial charge in [0.15, 0.2) is 0 Å². The SMILES string of the molecule is CNC(=O)c1cc2cc(OC)ccc2nc1Oc1ccc(N)cc1. The standard InChI is InChI=1S/C18H17N3O3/c1-20-17(22)15-10-11-9-14(23-2)7-8-16(11)21-18(15)24-13-5-3-12(19)4-6-13/h3-10H,19H2,1-2H3,(H,20,22). The van der Waals surface area contributed by atoms with Gasteiger partial charge in [-0.25, -0.2) is 4.98 Å². The van der Waals surface area contributed by atoms with Crippen molar-refractivity contribution in [2.24, 2.45) is 0 Å². The maximum absolute atomic E-state index is 12.2. The summed E-state index contributed by atoms with van der Waals surface area (Å²) in [6.45, 7) is 0. The molecule has 24 heavy (non-hydrogen) atoms. The lowest BCUT2D eigenvalue weighted by Crippen LogP contribution is -2.19. The molecule has 1 aromatic heterocycles. The van der Waals surface area contributed by atoms with Crippen molar-refractivity contribution >= 4 is 22.5 Å². The van der Waals surface area contributed by atoms with Crippen molar-refractivity contribution in [1.82, 2.24) is 10.3 Å². The highest BCUT2D eigenvalue weighted by molar-refractivity contribution is 6.00. The van der Waals surface area contributed by atoms with E-state index in [1.54, 1.807) is 44.5 Å². The van der Waals surface area contributed by atoms with Gasteiger partial charge in [-0.2, -0.15) is 0 Å². The van der Waals surface area contributed by atoms with E-state index >= 15 is 0 Å². The van der Waals surface area contributed by atoms with E-state index in [0.717, 1.165) is 5.39 Å². The van der Waals surface area contributed by atoms with Gasteiger partial charge in [0.1, 0.15) is 17.1 Å². The van der Waals surface area contributed by atoms with Gasteiger partial charge in [0.2, 0.25) is 5.88 Å². The summed E-state index contributed by atoms with van der Waals surface area (Å²) in [4.78, 5) is 16.7. The molecule has 3 rings (SSSR count). The minimum Gasteiger partial charge on any atom is -0.497 e. The van der Waals surface area contributed by atoms with E-state index in [9.17, 15) is 4.79 Å². The minimum atomic E-state index is -0.280. The smallest absolute Gasteiger partial charge is 0.256 e. The van der Waals surface area contributed by atoms with Crippen LogP contribution in [0, 0.1) is 0 Å². The van der Waals surface area contributed by atoms with Crippen LogP contribution in [0.4, 0.5) is 5.69 Å². The van der Waals surface area contributed by atoms with Crippen LogP contribution in [0.3, 0.4) is 0 Å². The van der Waals surface area contributed by atoms with Gasteiger partial charge in [0.25, 0.3) is 5.91 Å². The molecule has 3 N–H and O–H groups in total. The fourth-order valence-electron chi connectivity index (χ4n) is 2.29. The van der Waals surface area contributed by atoms with Gasteiger partial charge in [-0.3, -0.25) is 4.79 Å². The second-order valence-corrected chi connectivity index (χ2v) is 5.15. The molecular formula is C18H17N3O3. The van der Waals surface area contributed by atoms with Crippen molar-refractivity contribution in [2.45, 2.75) is 0 Å². The lowest BCUT2D eigenvalue weighted by atomic mass is 10.1. The second kappa shape index (κ2) is 6.45. The number of rotatable bonds is 4. The van der Waals surface area contributed by atoms with Crippen LogP contribution in [0.15, 0.2) is 48.5 Å². The van der Waals surface area contributed by atoms with Crippen LogP contribution in [0.25, 0.3) is 10.9 Å².